The molecule has 1 unspecified atom stereocenters. The van der Waals surface area contributed by atoms with E-state index in [1.54, 1.807) is 12.1 Å². The van der Waals surface area contributed by atoms with Gasteiger partial charge in [0.05, 0.1) is 11.5 Å². The molecular weight excluding hydrogens is 270 g/mol. The normalized spacial score (nSPS) is 22.4. The van der Waals surface area contributed by atoms with E-state index in [4.69, 9.17) is 0 Å². The summed E-state index contributed by atoms with van der Waals surface area (Å²) in [4.78, 5) is 24.1. The number of nitrogens with zero attached hydrogens (tertiary/aromatic N) is 2. The summed E-state index contributed by atoms with van der Waals surface area (Å²) in [6.07, 6.45) is 4.76. The van der Waals surface area contributed by atoms with Gasteiger partial charge in [0, 0.05) is 18.7 Å². The van der Waals surface area contributed by atoms with Crippen LogP contribution in [0.4, 0.5) is 5.69 Å². The largest absolute Gasteiger partial charge is 0.322 e. The van der Waals surface area contributed by atoms with Gasteiger partial charge >= 0.3 is 0 Å². The fourth-order valence-corrected chi connectivity index (χ4v) is 2.97. The lowest BCUT2D eigenvalue weighted by atomic mass is 9.83. The molecule has 6 heteroatoms. The second kappa shape index (κ2) is 5.81. The second-order valence-electron chi connectivity index (χ2n) is 5.80. The van der Waals surface area contributed by atoms with Crippen LogP contribution < -0.4 is 5.32 Å². The van der Waals surface area contributed by atoms with Crippen LogP contribution in [0.3, 0.4) is 0 Å². The summed E-state index contributed by atoms with van der Waals surface area (Å²) < 4.78 is 0. The van der Waals surface area contributed by atoms with Gasteiger partial charge in [-0.05, 0) is 30.0 Å². The van der Waals surface area contributed by atoms with E-state index in [9.17, 15) is 14.9 Å². The zero-order valence-corrected chi connectivity index (χ0v) is 11.8. The third-order valence-corrected chi connectivity index (χ3v) is 4.50. The zero-order chi connectivity index (χ0) is 14.8. The highest BCUT2D eigenvalue weighted by atomic mass is 16.6. The highest BCUT2D eigenvalue weighted by Gasteiger charge is 2.32. The third-order valence-electron chi connectivity index (χ3n) is 4.50. The van der Waals surface area contributed by atoms with Crippen LogP contribution in [-0.2, 0) is 4.79 Å². The van der Waals surface area contributed by atoms with Gasteiger partial charge in [0.1, 0.15) is 6.17 Å². The van der Waals surface area contributed by atoms with Crippen molar-refractivity contribution in [1.82, 2.24) is 10.2 Å². The van der Waals surface area contributed by atoms with Gasteiger partial charge in [-0.25, -0.2) is 0 Å². The van der Waals surface area contributed by atoms with Crippen LogP contribution in [0.2, 0.25) is 0 Å². The molecule has 1 heterocycles. The molecule has 0 radical (unpaired) electrons. The van der Waals surface area contributed by atoms with Gasteiger partial charge in [-0.3, -0.25) is 20.2 Å². The number of benzene rings is 1. The predicted octanol–water partition coefficient (Wildman–Crippen LogP) is 2.22. The number of rotatable bonds is 5. The van der Waals surface area contributed by atoms with Crippen molar-refractivity contribution in [3.8, 4) is 0 Å². The molecule has 21 heavy (non-hydrogen) atoms. The Labute approximate surface area is 123 Å². The van der Waals surface area contributed by atoms with Crippen LogP contribution in [0.15, 0.2) is 24.3 Å². The first-order chi connectivity index (χ1) is 10.1. The van der Waals surface area contributed by atoms with E-state index in [0.717, 1.165) is 24.4 Å². The number of nitro groups is 1. The Morgan fingerprint density at radius 1 is 1.29 bits per heavy atom. The average molecular weight is 289 g/mol. The van der Waals surface area contributed by atoms with Crippen molar-refractivity contribution in [3.63, 3.8) is 0 Å². The highest BCUT2D eigenvalue weighted by molar-refractivity contribution is 5.80. The summed E-state index contributed by atoms with van der Waals surface area (Å²) in [7, 11) is 0. The van der Waals surface area contributed by atoms with Gasteiger partial charge in [0.2, 0.25) is 5.91 Å². The molecule has 1 saturated carbocycles. The van der Waals surface area contributed by atoms with E-state index in [-0.39, 0.29) is 17.8 Å². The first kappa shape index (κ1) is 14.0. The lowest BCUT2D eigenvalue weighted by molar-refractivity contribution is -0.384. The van der Waals surface area contributed by atoms with Crippen LogP contribution in [0.1, 0.15) is 37.4 Å². The average Bonchev–Trinajstić information content (AvgIpc) is 2.79. The number of carbonyl (C=O) groups is 1. The van der Waals surface area contributed by atoms with Crippen LogP contribution >= 0.6 is 0 Å². The van der Waals surface area contributed by atoms with E-state index in [1.807, 2.05) is 4.90 Å². The maximum absolute atomic E-state index is 12.0. The molecule has 6 nitrogen and oxygen atoms in total. The molecule has 1 N–H and O–H groups in total. The van der Waals surface area contributed by atoms with Crippen molar-refractivity contribution in [2.45, 2.75) is 31.8 Å². The maximum atomic E-state index is 12.0. The summed E-state index contributed by atoms with van der Waals surface area (Å²) in [6.45, 7) is 1.10. The van der Waals surface area contributed by atoms with Gasteiger partial charge in [-0.15, -0.1) is 0 Å². The molecular formula is C15H19N3O3. The van der Waals surface area contributed by atoms with Gasteiger partial charge in [-0.1, -0.05) is 19.3 Å². The van der Waals surface area contributed by atoms with Crippen LogP contribution in [0.5, 0.6) is 0 Å². The Kier molecular flexibility index (Phi) is 3.88. The van der Waals surface area contributed by atoms with Crippen molar-refractivity contribution < 1.29 is 9.72 Å². The number of hydrogen-bond donors (Lipinski definition) is 1. The second-order valence-corrected chi connectivity index (χ2v) is 5.80. The monoisotopic (exact) mass is 289 g/mol. The number of carbonyl (C=O) groups excluding carboxylic acids is 1. The third kappa shape index (κ3) is 2.90. The number of hydrogen-bond acceptors (Lipinski definition) is 4. The lowest BCUT2D eigenvalue weighted by Gasteiger charge is -2.30. The Morgan fingerprint density at radius 2 is 2.00 bits per heavy atom. The lowest BCUT2D eigenvalue weighted by Crippen LogP contribution is -2.33. The summed E-state index contributed by atoms with van der Waals surface area (Å²) >= 11 is 0. The van der Waals surface area contributed by atoms with Gasteiger partial charge < -0.3 is 4.90 Å². The molecule has 3 rings (SSSR count). The van der Waals surface area contributed by atoms with Crippen molar-refractivity contribution in [3.05, 3.63) is 39.9 Å². The van der Waals surface area contributed by atoms with Crippen LogP contribution in [0.25, 0.3) is 0 Å². The van der Waals surface area contributed by atoms with E-state index < -0.39 is 4.92 Å². The zero-order valence-electron chi connectivity index (χ0n) is 11.8. The molecule has 1 amide bonds. The minimum Gasteiger partial charge on any atom is -0.322 e. The van der Waals surface area contributed by atoms with E-state index >= 15 is 0 Å². The molecule has 2 aliphatic rings. The van der Waals surface area contributed by atoms with Crippen LogP contribution in [-0.4, -0.2) is 28.8 Å². The molecule has 112 valence electrons. The van der Waals surface area contributed by atoms with E-state index in [1.165, 1.54) is 31.4 Å². The van der Waals surface area contributed by atoms with E-state index in [2.05, 4.69) is 5.32 Å². The molecule has 1 atom stereocenters. The molecule has 1 aliphatic heterocycles. The SMILES string of the molecule is O=C1CNC(c2ccc([N+](=O)[O-])cc2)N1CCC1CCC1. The highest BCUT2D eigenvalue weighted by Crippen LogP contribution is 2.31. The number of nitrogens with one attached hydrogen (secondary N) is 1. The van der Waals surface area contributed by atoms with Crippen LogP contribution in [0, 0.1) is 16.0 Å². The topological polar surface area (TPSA) is 75.5 Å². The molecule has 0 aromatic heterocycles. The molecule has 1 aromatic rings. The smallest absolute Gasteiger partial charge is 0.269 e. The minimum atomic E-state index is -0.411. The molecule has 0 spiro atoms. The number of non-ortho nitro benzene ring substituents is 1. The number of amides is 1. The van der Waals surface area contributed by atoms with Gasteiger partial charge in [0.15, 0.2) is 0 Å². The Bertz CT molecular complexity index is 540. The molecule has 2 fully saturated rings. The van der Waals surface area contributed by atoms with Crippen molar-refractivity contribution in [2.75, 3.05) is 13.1 Å². The standard InChI is InChI=1S/C15H19N3O3/c19-14-10-16-15(17(14)9-8-11-2-1-3-11)12-4-6-13(7-5-12)18(20)21/h4-7,11,15-16H,1-3,8-10H2. The van der Waals surface area contributed by atoms with E-state index in [0.29, 0.717) is 6.54 Å². The predicted molar refractivity (Wildman–Crippen MR) is 77.5 cm³/mol. The number of nitro benzene ring substituents is 1. The fraction of sp³-hybridized carbons (Fsp3) is 0.533. The summed E-state index contributed by atoms with van der Waals surface area (Å²) in [5, 5.41) is 13.9. The first-order valence-electron chi connectivity index (χ1n) is 7.42. The Hall–Kier alpha value is -1.95. The first-order valence-corrected chi connectivity index (χ1v) is 7.42. The molecule has 1 saturated heterocycles. The summed E-state index contributed by atoms with van der Waals surface area (Å²) in [6, 6.07) is 6.43. The summed E-state index contributed by atoms with van der Waals surface area (Å²) in [5.41, 5.74) is 0.976. The van der Waals surface area contributed by atoms with Crippen molar-refractivity contribution >= 4 is 11.6 Å². The molecule has 1 aromatic carbocycles. The van der Waals surface area contributed by atoms with Crippen molar-refractivity contribution in [2.24, 2.45) is 5.92 Å². The van der Waals surface area contributed by atoms with Gasteiger partial charge in [-0.2, -0.15) is 0 Å². The molecule has 0 bridgehead atoms. The Balaban J connectivity index is 1.69. The molecule has 1 aliphatic carbocycles. The summed E-state index contributed by atoms with van der Waals surface area (Å²) in [5.74, 6) is 0.869. The van der Waals surface area contributed by atoms with Crippen molar-refractivity contribution in [1.29, 1.82) is 0 Å². The van der Waals surface area contributed by atoms with Gasteiger partial charge in [0.25, 0.3) is 5.69 Å². The quantitative estimate of drug-likeness (QED) is 0.666. The maximum Gasteiger partial charge on any atom is 0.269 e. The minimum absolute atomic E-state index is 0.0732. The Morgan fingerprint density at radius 3 is 2.57 bits per heavy atom. The fourth-order valence-electron chi connectivity index (χ4n) is 2.97.